The molecular formula is C27H37N7O5S. The van der Waals surface area contributed by atoms with Gasteiger partial charge in [0.25, 0.3) is 5.91 Å². The van der Waals surface area contributed by atoms with Crippen LogP contribution < -0.4 is 14.5 Å². The van der Waals surface area contributed by atoms with Crippen LogP contribution in [0.25, 0.3) is 16.7 Å². The van der Waals surface area contributed by atoms with Gasteiger partial charge in [0.05, 0.1) is 41.9 Å². The Morgan fingerprint density at radius 1 is 1.15 bits per heavy atom. The first-order chi connectivity index (χ1) is 19.1. The molecule has 0 aromatic carbocycles. The minimum Gasteiger partial charge on any atom is -0.384 e. The summed E-state index contributed by atoms with van der Waals surface area (Å²) in [7, 11) is -2.06. The van der Waals surface area contributed by atoms with Gasteiger partial charge in [0.2, 0.25) is 10.0 Å². The standard InChI is InChI=1S/C27H37N7O5S/c1-18(2)25-24-22(32-9-6-19(7-10-32)17-38-3)16-21(27(35)31-40(4,36)37)29-26(24)34(30-25)20-5-8-28-23(15-20)33-11-13-39-14-12-33/h5,8,15-16,18-19H,6-7,9-14,17H2,1-4H3,(H,31,35). The number of ether oxygens (including phenoxy) is 2. The van der Waals surface area contributed by atoms with Crippen molar-refractivity contribution in [1.82, 2.24) is 24.5 Å². The SMILES string of the molecule is COCC1CCN(c2cc(C(=O)NS(C)(=O)=O)nc3c2c(C(C)C)nn3-c2ccnc(N3CCOCC3)c2)CC1. The number of amides is 1. The van der Waals surface area contributed by atoms with E-state index in [-0.39, 0.29) is 11.6 Å². The molecular weight excluding hydrogens is 534 g/mol. The van der Waals surface area contributed by atoms with Crippen molar-refractivity contribution in [2.75, 3.05) is 69.2 Å². The third-order valence-corrected chi connectivity index (χ3v) is 7.92. The van der Waals surface area contributed by atoms with Crippen molar-refractivity contribution in [3.8, 4) is 5.69 Å². The second-order valence-electron chi connectivity index (χ2n) is 10.7. The number of aromatic nitrogens is 4. The van der Waals surface area contributed by atoms with Gasteiger partial charge in [-0.1, -0.05) is 13.8 Å². The fraction of sp³-hybridized carbons (Fsp3) is 0.556. The summed E-state index contributed by atoms with van der Waals surface area (Å²) in [6.45, 7) is 9.18. The van der Waals surface area contributed by atoms with Gasteiger partial charge in [-0.3, -0.25) is 4.79 Å². The molecule has 0 aliphatic carbocycles. The lowest BCUT2D eigenvalue weighted by molar-refractivity contribution is 0.0977. The number of nitrogens with one attached hydrogen (secondary N) is 1. The maximum Gasteiger partial charge on any atom is 0.283 e. The minimum atomic E-state index is -3.78. The van der Waals surface area contributed by atoms with Crippen molar-refractivity contribution in [2.45, 2.75) is 32.6 Å². The van der Waals surface area contributed by atoms with Crippen LogP contribution in [0.5, 0.6) is 0 Å². The van der Waals surface area contributed by atoms with Crippen molar-refractivity contribution in [3.05, 3.63) is 35.8 Å². The Labute approximate surface area is 234 Å². The van der Waals surface area contributed by atoms with E-state index in [4.69, 9.17) is 19.6 Å². The summed E-state index contributed by atoms with van der Waals surface area (Å²) >= 11 is 0. The van der Waals surface area contributed by atoms with E-state index in [2.05, 4.69) is 33.4 Å². The topological polar surface area (TPSA) is 132 Å². The second kappa shape index (κ2) is 11.7. The first-order valence-corrected chi connectivity index (χ1v) is 15.5. The van der Waals surface area contributed by atoms with Gasteiger partial charge in [-0.05, 0) is 36.8 Å². The van der Waals surface area contributed by atoms with Crippen LogP contribution in [0.4, 0.5) is 11.5 Å². The fourth-order valence-electron chi connectivity index (χ4n) is 5.37. The van der Waals surface area contributed by atoms with Crippen LogP contribution in [0.2, 0.25) is 0 Å². The normalized spacial score (nSPS) is 17.1. The average molecular weight is 572 g/mol. The molecule has 0 radical (unpaired) electrons. The molecule has 216 valence electrons. The van der Waals surface area contributed by atoms with Gasteiger partial charge in [0.1, 0.15) is 11.5 Å². The van der Waals surface area contributed by atoms with E-state index in [1.165, 1.54) is 0 Å². The van der Waals surface area contributed by atoms with Gasteiger partial charge in [-0.2, -0.15) is 5.10 Å². The van der Waals surface area contributed by atoms with Crippen LogP contribution >= 0.6 is 0 Å². The summed E-state index contributed by atoms with van der Waals surface area (Å²) in [5, 5.41) is 5.87. The maximum atomic E-state index is 13.1. The number of piperidine rings is 1. The van der Waals surface area contributed by atoms with Gasteiger partial charge in [-0.15, -0.1) is 0 Å². The highest BCUT2D eigenvalue weighted by Crippen LogP contribution is 2.37. The number of nitrogens with zero attached hydrogens (tertiary/aromatic N) is 6. The smallest absolute Gasteiger partial charge is 0.283 e. The van der Waals surface area contributed by atoms with E-state index in [9.17, 15) is 13.2 Å². The van der Waals surface area contributed by atoms with E-state index < -0.39 is 15.9 Å². The molecule has 13 heteroatoms. The molecule has 5 rings (SSSR count). The zero-order valence-corrected chi connectivity index (χ0v) is 24.3. The van der Waals surface area contributed by atoms with Gasteiger partial charge >= 0.3 is 0 Å². The highest BCUT2D eigenvalue weighted by molar-refractivity contribution is 7.89. The zero-order valence-electron chi connectivity index (χ0n) is 23.5. The molecule has 12 nitrogen and oxygen atoms in total. The molecule has 2 fully saturated rings. The summed E-state index contributed by atoms with van der Waals surface area (Å²) in [5.74, 6) is 0.574. The molecule has 5 heterocycles. The summed E-state index contributed by atoms with van der Waals surface area (Å²) < 4.78 is 38.5. The lowest BCUT2D eigenvalue weighted by Crippen LogP contribution is -2.36. The molecule has 3 aromatic rings. The van der Waals surface area contributed by atoms with Crippen molar-refractivity contribution in [1.29, 1.82) is 0 Å². The van der Waals surface area contributed by atoms with Gasteiger partial charge in [0, 0.05) is 52.2 Å². The Hall–Kier alpha value is -3.29. The summed E-state index contributed by atoms with van der Waals surface area (Å²) in [6.07, 6.45) is 4.59. The molecule has 0 atom stereocenters. The lowest BCUT2D eigenvalue weighted by atomic mass is 9.96. The number of pyridine rings is 2. The Balaban J connectivity index is 1.66. The van der Waals surface area contributed by atoms with E-state index in [0.717, 1.165) is 73.5 Å². The Morgan fingerprint density at radius 3 is 2.52 bits per heavy atom. The molecule has 1 amide bonds. The first-order valence-electron chi connectivity index (χ1n) is 13.6. The summed E-state index contributed by atoms with van der Waals surface area (Å²) in [5.41, 5.74) is 2.96. The van der Waals surface area contributed by atoms with Crippen molar-refractivity contribution < 1.29 is 22.7 Å². The van der Waals surface area contributed by atoms with Crippen LogP contribution in [-0.4, -0.2) is 93.4 Å². The predicted molar refractivity (Wildman–Crippen MR) is 153 cm³/mol. The number of carbonyl (C=O) groups is 1. The van der Waals surface area contributed by atoms with E-state index in [1.807, 2.05) is 12.1 Å². The Kier molecular flexibility index (Phi) is 8.24. The second-order valence-corrected chi connectivity index (χ2v) is 12.5. The highest BCUT2D eigenvalue weighted by Gasteiger charge is 2.28. The Morgan fingerprint density at radius 2 is 1.88 bits per heavy atom. The van der Waals surface area contributed by atoms with E-state index >= 15 is 0 Å². The number of hydrogen-bond acceptors (Lipinski definition) is 10. The van der Waals surface area contributed by atoms with E-state index in [0.29, 0.717) is 31.4 Å². The summed E-state index contributed by atoms with van der Waals surface area (Å²) in [6, 6.07) is 5.52. The van der Waals surface area contributed by atoms with Crippen molar-refractivity contribution >= 4 is 38.5 Å². The van der Waals surface area contributed by atoms with E-state index in [1.54, 1.807) is 24.1 Å². The van der Waals surface area contributed by atoms with Crippen LogP contribution in [0.1, 0.15) is 48.8 Å². The molecule has 3 aromatic heterocycles. The third-order valence-electron chi connectivity index (χ3n) is 7.37. The molecule has 0 saturated carbocycles. The fourth-order valence-corrected chi connectivity index (χ4v) is 5.82. The van der Waals surface area contributed by atoms with Gasteiger partial charge in [-0.25, -0.2) is 27.8 Å². The molecule has 0 bridgehead atoms. The van der Waals surface area contributed by atoms with Gasteiger partial charge in [0.15, 0.2) is 5.65 Å². The third kappa shape index (κ3) is 6.06. The van der Waals surface area contributed by atoms with Crippen molar-refractivity contribution in [2.24, 2.45) is 5.92 Å². The lowest BCUT2D eigenvalue weighted by Gasteiger charge is -2.34. The highest BCUT2D eigenvalue weighted by atomic mass is 32.2. The quantitative estimate of drug-likeness (QED) is 0.430. The Bertz CT molecular complexity index is 1480. The maximum absolute atomic E-state index is 13.1. The molecule has 0 spiro atoms. The monoisotopic (exact) mass is 571 g/mol. The number of morpholine rings is 1. The number of methoxy groups -OCH3 is 1. The molecule has 2 aliphatic rings. The predicted octanol–water partition coefficient (Wildman–Crippen LogP) is 2.33. The molecule has 0 unspecified atom stereocenters. The number of rotatable bonds is 8. The van der Waals surface area contributed by atoms with Crippen LogP contribution in [0.15, 0.2) is 24.4 Å². The molecule has 2 saturated heterocycles. The van der Waals surface area contributed by atoms with Gasteiger partial charge < -0.3 is 19.3 Å². The minimum absolute atomic E-state index is 0.0193. The molecule has 1 N–H and O–H groups in total. The van der Waals surface area contributed by atoms with Crippen LogP contribution in [0, 0.1) is 5.92 Å². The average Bonchev–Trinajstić information content (AvgIpc) is 3.33. The number of hydrogen-bond donors (Lipinski definition) is 1. The number of carbonyl (C=O) groups excluding carboxylic acids is 1. The first kappa shape index (κ1) is 28.2. The molecule has 40 heavy (non-hydrogen) atoms. The van der Waals surface area contributed by atoms with Crippen molar-refractivity contribution in [3.63, 3.8) is 0 Å². The summed E-state index contributed by atoms with van der Waals surface area (Å²) in [4.78, 5) is 26.8. The largest absolute Gasteiger partial charge is 0.384 e. The zero-order chi connectivity index (χ0) is 28.4. The number of anilines is 2. The van der Waals surface area contributed by atoms with Crippen LogP contribution in [-0.2, 0) is 19.5 Å². The number of sulfonamides is 1. The van der Waals surface area contributed by atoms with Crippen LogP contribution in [0.3, 0.4) is 0 Å². The molecule has 2 aliphatic heterocycles. The number of fused-ring (bicyclic) bond motifs is 1.